The van der Waals surface area contributed by atoms with Crippen LogP contribution in [0.15, 0.2) is 57.7 Å². The van der Waals surface area contributed by atoms with Crippen LogP contribution in [0.25, 0.3) is 21.9 Å². The van der Waals surface area contributed by atoms with Crippen LogP contribution in [0.2, 0.25) is 0 Å². The molecular weight excluding hydrogens is 280 g/mol. The fourth-order valence-corrected chi connectivity index (χ4v) is 2.58. The number of benzene rings is 2. The first-order valence-corrected chi connectivity index (χ1v) is 6.91. The molecule has 0 aliphatic rings. The molecule has 0 amide bonds. The van der Waals surface area contributed by atoms with Gasteiger partial charge in [0, 0.05) is 16.5 Å². The second kappa shape index (κ2) is 5.58. The zero-order chi connectivity index (χ0) is 15.7. The van der Waals surface area contributed by atoms with Crippen molar-refractivity contribution in [1.82, 2.24) is 0 Å². The van der Waals surface area contributed by atoms with E-state index in [9.17, 15) is 14.7 Å². The molecule has 0 aliphatic heterocycles. The minimum Gasteiger partial charge on any atom is -0.424 e. The predicted octanol–water partition coefficient (Wildman–Crippen LogP) is 3.33. The van der Waals surface area contributed by atoms with Gasteiger partial charge >= 0.3 is 5.63 Å². The summed E-state index contributed by atoms with van der Waals surface area (Å²) in [4.78, 5) is 23.1. The summed E-state index contributed by atoms with van der Waals surface area (Å²) in [5.41, 5.74) is 1.39. The van der Waals surface area contributed by atoms with E-state index in [0.717, 1.165) is 11.8 Å². The van der Waals surface area contributed by atoms with Crippen LogP contribution < -0.4 is 5.63 Å². The summed E-state index contributed by atoms with van der Waals surface area (Å²) in [6.45, 7) is 1.54. The SMILES string of the molecule is CC(O)c1oc(=O)c2ccccc2c1-c1cccc(C=O)c1. The number of aliphatic hydroxyl groups is 1. The fourth-order valence-electron chi connectivity index (χ4n) is 2.58. The van der Waals surface area contributed by atoms with Crippen LogP contribution in [-0.2, 0) is 0 Å². The summed E-state index contributed by atoms with van der Waals surface area (Å²) < 4.78 is 5.32. The average Bonchev–Trinajstić information content (AvgIpc) is 2.54. The van der Waals surface area contributed by atoms with Crippen molar-refractivity contribution in [2.24, 2.45) is 0 Å². The van der Waals surface area contributed by atoms with Gasteiger partial charge in [0.25, 0.3) is 0 Å². The molecule has 4 heteroatoms. The average molecular weight is 294 g/mol. The topological polar surface area (TPSA) is 67.5 Å². The third kappa shape index (κ3) is 2.34. The first-order valence-electron chi connectivity index (χ1n) is 6.91. The van der Waals surface area contributed by atoms with Crippen molar-refractivity contribution in [3.63, 3.8) is 0 Å². The number of carbonyl (C=O) groups excluding carboxylic acids is 1. The number of rotatable bonds is 3. The van der Waals surface area contributed by atoms with Crippen LogP contribution >= 0.6 is 0 Å². The Morgan fingerprint density at radius 3 is 2.50 bits per heavy atom. The molecule has 1 unspecified atom stereocenters. The lowest BCUT2D eigenvalue weighted by Gasteiger charge is -2.13. The highest BCUT2D eigenvalue weighted by atomic mass is 16.4. The van der Waals surface area contributed by atoms with Crippen molar-refractivity contribution in [2.75, 3.05) is 0 Å². The number of hydrogen-bond donors (Lipinski definition) is 1. The molecule has 0 saturated heterocycles. The van der Waals surface area contributed by atoms with Crippen LogP contribution in [-0.4, -0.2) is 11.4 Å². The minimum atomic E-state index is -0.938. The van der Waals surface area contributed by atoms with E-state index < -0.39 is 11.7 Å². The van der Waals surface area contributed by atoms with E-state index in [1.54, 1.807) is 43.3 Å². The summed E-state index contributed by atoms with van der Waals surface area (Å²) in [7, 11) is 0. The Bertz CT molecular complexity index is 906. The molecule has 0 spiro atoms. The van der Waals surface area contributed by atoms with E-state index >= 15 is 0 Å². The van der Waals surface area contributed by atoms with Crippen LogP contribution in [0.5, 0.6) is 0 Å². The van der Waals surface area contributed by atoms with Crippen LogP contribution in [0.1, 0.15) is 29.1 Å². The van der Waals surface area contributed by atoms with Gasteiger partial charge in [0.05, 0.1) is 5.39 Å². The Hall–Kier alpha value is -2.72. The van der Waals surface area contributed by atoms with Gasteiger partial charge in [0.15, 0.2) is 0 Å². The highest BCUT2D eigenvalue weighted by Crippen LogP contribution is 2.33. The zero-order valence-electron chi connectivity index (χ0n) is 11.9. The minimum absolute atomic E-state index is 0.201. The Morgan fingerprint density at radius 1 is 1.09 bits per heavy atom. The fraction of sp³-hybridized carbons (Fsp3) is 0.111. The maximum absolute atomic E-state index is 12.1. The Labute approximate surface area is 126 Å². The van der Waals surface area contributed by atoms with Gasteiger partial charge in [-0.05, 0) is 24.6 Å². The molecule has 0 bridgehead atoms. The van der Waals surface area contributed by atoms with Crippen molar-refractivity contribution >= 4 is 17.1 Å². The second-order valence-electron chi connectivity index (χ2n) is 5.09. The van der Waals surface area contributed by atoms with Gasteiger partial charge in [-0.3, -0.25) is 4.79 Å². The van der Waals surface area contributed by atoms with Gasteiger partial charge in [0.1, 0.15) is 18.2 Å². The van der Waals surface area contributed by atoms with Gasteiger partial charge in [-0.15, -0.1) is 0 Å². The van der Waals surface area contributed by atoms with Crippen molar-refractivity contribution in [3.05, 3.63) is 70.3 Å². The summed E-state index contributed by atoms with van der Waals surface area (Å²) in [5, 5.41) is 11.1. The molecule has 0 aliphatic carbocycles. The monoisotopic (exact) mass is 294 g/mol. The highest BCUT2D eigenvalue weighted by Gasteiger charge is 2.18. The predicted molar refractivity (Wildman–Crippen MR) is 83.9 cm³/mol. The molecule has 22 heavy (non-hydrogen) atoms. The second-order valence-corrected chi connectivity index (χ2v) is 5.09. The summed E-state index contributed by atoms with van der Waals surface area (Å²) in [6, 6.07) is 14.0. The molecule has 4 nitrogen and oxygen atoms in total. The first-order chi connectivity index (χ1) is 10.6. The summed E-state index contributed by atoms with van der Waals surface area (Å²) in [5.74, 6) is 0.201. The molecule has 110 valence electrons. The number of fused-ring (bicyclic) bond motifs is 1. The number of hydrogen-bond acceptors (Lipinski definition) is 4. The number of aldehydes is 1. The number of aliphatic hydroxyl groups excluding tert-OH is 1. The van der Waals surface area contributed by atoms with Gasteiger partial charge in [-0.2, -0.15) is 0 Å². The van der Waals surface area contributed by atoms with E-state index in [1.807, 2.05) is 12.1 Å². The summed E-state index contributed by atoms with van der Waals surface area (Å²) >= 11 is 0. The van der Waals surface area contributed by atoms with E-state index in [2.05, 4.69) is 0 Å². The maximum atomic E-state index is 12.1. The third-order valence-electron chi connectivity index (χ3n) is 3.56. The van der Waals surface area contributed by atoms with E-state index in [1.165, 1.54) is 0 Å². The van der Waals surface area contributed by atoms with E-state index in [-0.39, 0.29) is 5.76 Å². The van der Waals surface area contributed by atoms with Gasteiger partial charge in [0.2, 0.25) is 0 Å². The van der Waals surface area contributed by atoms with E-state index in [4.69, 9.17) is 4.42 Å². The molecule has 0 radical (unpaired) electrons. The van der Waals surface area contributed by atoms with Crippen LogP contribution in [0.3, 0.4) is 0 Å². The maximum Gasteiger partial charge on any atom is 0.343 e. The molecule has 0 fully saturated rings. The quantitative estimate of drug-likeness (QED) is 0.752. The first kappa shape index (κ1) is 14.2. The molecule has 1 N–H and O–H groups in total. The third-order valence-corrected chi connectivity index (χ3v) is 3.56. The van der Waals surface area contributed by atoms with Crippen LogP contribution in [0, 0.1) is 0 Å². The molecule has 2 aromatic carbocycles. The van der Waals surface area contributed by atoms with Crippen molar-refractivity contribution in [1.29, 1.82) is 0 Å². The largest absolute Gasteiger partial charge is 0.424 e. The zero-order valence-corrected chi connectivity index (χ0v) is 11.9. The van der Waals surface area contributed by atoms with Crippen molar-refractivity contribution in [2.45, 2.75) is 13.0 Å². The molecule has 1 atom stereocenters. The summed E-state index contributed by atoms with van der Waals surface area (Å²) in [6.07, 6.45) is -0.181. The lowest BCUT2D eigenvalue weighted by Crippen LogP contribution is -2.07. The Kier molecular flexibility index (Phi) is 3.61. The highest BCUT2D eigenvalue weighted by molar-refractivity contribution is 5.97. The Balaban J connectivity index is 2.44. The lowest BCUT2D eigenvalue weighted by molar-refractivity contribution is 0.112. The molecule has 1 aromatic heterocycles. The molecular formula is C18H14O4. The molecule has 0 saturated carbocycles. The van der Waals surface area contributed by atoms with Gasteiger partial charge in [-0.25, -0.2) is 4.79 Å². The molecule has 3 rings (SSSR count). The van der Waals surface area contributed by atoms with E-state index in [0.29, 0.717) is 21.9 Å². The molecule has 3 aromatic rings. The normalized spacial score (nSPS) is 12.3. The van der Waals surface area contributed by atoms with Crippen molar-refractivity contribution in [3.8, 4) is 11.1 Å². The number of carbonyl (C=O) groups is 1. The van der Waals surface area contributed by atoms with Crippen molar-refractivity contribution < 1.29 is 14.3 Å². The standard InChI is InChI=1S/C18H14O4/c1-11(20)17-16(13-6-4-5-12(9-13)10-19)14-7-2-3-8-15(14)18(21)22-17/h2-11,20H,1H3. The molecule has 1 heterocycles. The van der Waals surface area contributed by atoms with Crippen LogP contribution in [0.4, 0.5) is 0 Å². The van der Waals surface area contributed by atoms with Gasteiger partial charge < -0.3 is 9.52 Å². The lowest BCUT2D eigenvalue weighted by atomic mass is 9.95. The van der Waals surface area contributed by atoms with Gasteiger partial charge in [-0.1, -0.05) is 36.4 Å². The Morgan fingerprint density at radius 2 is 1.82 bits per heavy atom. The smallest absolute Gasteiger partial charge is 0.343 e.